The van der Waals surface area contributed by atoms with E-state index in [4.69, 9.17) is 4.74 Å². The van der Waals surface area contributed by atoms with E-state index in [9.17, 15) is 9.59 Å². The molecule has 1 aromatic heterocycles. The minimum absolute atomic E-state index is 0.321. The van der Waals surface area contributed by atoms with Crippen LogP contribution in [0.5, 0.6) is 0 Å². The number of hydrogen-bond acceptors (Lipinski definition) is 3. The average molecular weight is 244 g/mol. The van der Waals surface area contributed by atoms with E-state index >= 15 is 0 Å². The summed E-state index contributed by atoms with van der Waals surface area (Å²) in [5, 5.41) is 0. The molecule has 1 atom stereocenters. The Hall–Kier alpha value is -2.14. The molecule has 0 bridgehead atoms. The van der Waals surface area contributed by atoms with Gasteiger partial charge in [-0.15, -0.1) is 0 Å². The Morgan fingerprint density at radius 2 is 1.89 bits per heavy atom. The molecule has 92 valence electrons. The molecule has 2 N–H and O–H groups in total. The Morgan fingerprint density at radius 3 is 2.67 bits per heavy atom. The van der Waals surface area contributed by atoms with E-state index in [0.717, 1.165) is 5.56 Å². The molecule has 1 unspecified atom stereocenters. The second-order valence-electron chi connectivity index (χ2n) is 4.21. The molecule has 0 aliphatic carbocycles. The molecule has 5 nitrogen and oxygen atoms in total. The summed E-state index contributed by atoms with van der Waals surface area (Å²) in [6.07, 6.45) is 0.148. The number of nitrogens with one attached hydrogen (secondary N) is 2. The van der Waals surface area contributed by atoms with Gasteiger partial charge in [0.25, 0.3) is 5.56 Å². The molecule has 2 aromatic rings. The van der Waals surface area contributed by atoms with Gasteiger partial charge >= 0.3 is 5.69 Å². The minimum Gasteiger partial charge on any atom is -0.367 e. The number of aromatic nitrogens is 2. The van der Waals surface area contributed by atoms with Gasteiger partial charge in [-0.05, 0) is 5.56 Å². The maximum Gasteiger partial charge on any atom is 0.326 e. The van der Waals surface area contributed by atoms with Gasteiger partial charge < -0.3 is 9.72 Å². The highest BCUT2D eigenvalue weighted by Gasteiger charge is 2.25. The third-order valence-corrected chi connectivity index (χ3v) is 3.08. The van der Waals surface area contributed by atoms with E-state index in [-0.39, 0.29) is 11.7 Å². The van der Waals surface area contributed by atoms with Gasteiger partial charge in [-0.1, -0.05) is 30.3 Å². The number of hydrogen-bond donors (Lipinski definition) is 2. The van der Waals surface area contributed by atoms with Crippen molar-refractivity contribution in [1.82, 2.24) is 9.97 Å². The highest BCUT2D eigenvalue weighted by Crippen LogP contribution is 2.28. The third-order valence-electron chi connectivity index (χ3n) is 3.08. The van der Waals surface area contributed by atoms with E-state index in [1.807, 2.05) is 30.3 Å². The Morgan fingerprint density at radius 1 is 1.11 bits per heavy atom. The predicted octanol–water partition coefficient (Wildman–Crippen LogP) is 0.725. The zero-order chi connectivity index (χ0) is 12.5. The molecule has 0 spiro atoms. The van der Waals surface area contributed by atoms with Gasteiger partial charge in [0.1, 0.15) is 6.10 Å². The lowest BCUT2D eigenvalue weighted by Crippen LogP contribution is -2.33. The fourth-order valence-electron chi connectivity index (χ4n) is 2.25. The van der Waals surface area contributed by atoms with Gasteiger partial charge in [0.05, 0.1) is 12.3 Å². The Balaban J connectivity index is 2.18. The fraction of sp³-hybridized carbons (Fsp3) is 0.231. The predicted molar refractivity (Wildman–Crippen MR) is 65.6 cm³/mol. The quantitative estimate of drug-likeness (QED) is 0.776. The van der Waals surface area contributed by atoms with Crippen molar-refractivity contribution >= 4 is 0 Å². The summed E-state index contributed by atoms with van der Waals surface area (Å²) in [6, 6.07) is 9.54. The van der Waals surface area contributed by atoms with Crippen molar-refractivity contribution in [1.29, 1.82) is 0 Å². The molecule has 3 rings (SSSR count). The maximum absolute atomic E-state index is 11.7. The lowest BCUT2D eigenvalue weighted by atomic mass is 9.99. The second-order valence-corrected chi connectivity index (χ2v) is 4.21. The van der Waals surface area contributed by atoms with Crippen LogP contribution in [0.15, 0.2) is 39.9 Å². The van der Waals surface area contributed by atoms with Gasteiger partial charge in [0.2, 0.25) is 0 Å². The van der Waals surface area contributed by atoms with Crippen LogP contribution < -0.4 is 11.2 Å². The first-order chi connectivity index (χ1) is 8.75. The topological polar surface area (TPSA) is 75.0 Å². The van der Waals surface area contributed by atoms with Crippen LogP contribution in [0.25, 0.3) is 0 Å². The second kappa shape index (κ2) is 4.27. The van der Waals surface area contributed by atoms with Crippen LogP contribution in [0, 0.1) is 0 Å². The molecule has 0 saturated carbocycles. The van der Waals surface area contributed by atoms with Gasteiger partial charge in [0.15, 0.2) is 0 Å². The third kappa shape index (κ3) is 1.78. The molecule has 1 aromatic carbocycles. The summed E-state index contributed by atoms with van der Waals surface area (Å²) in [5.41, 5.74) is 1.29. The summed E-state index contributed by atoms with van der Waals surface area (Å²) in [7, 11) is 0. The van der Waals surface area contributed by atoms with Crippen LogP contribution in [0.3, 0.4) is 0 Å². The Kier molecular flexibility index (Phi) is 2.60. The minimum atomic E-state index is -0.495. The van der Waals surface area contributed by atoms with Crippen molar-refractivity contribution in [2.24, 2.45) is 0 Å². The van der Waals surface area contributed by atoms with Gasteiger partial charge in [-0.25, -0.2) is 4.79 Å². The molecule has 0 fully saturated rings. The van der Waals surface area contributed by atoms with Gasteiger partial charge in [-0.2, -0.15) is 0 Å². The van der Waals surface area contributed by atoms with Crippen molar-refractivity contribution in [3.63, 3.8) is 0 Å². The first kappa shape index (κ1) is 11.0. The number of benzene rings is 1. The molecule has 1 aliphatic heterocycles. The van der Waals surface area contributed by atoms with Gasteiger partial charge in [0, 0.05) is 12.0 Å². The summed E-state index contributed by atoms with van der Waals surface area (Å²) >= 11 is 0. The Bertz CT molecular complexity index is 673. The van der Waals surface area contributed by atoms with Crippen LogP contribution in [-0.4, -0.2) is 16.6 Å². The standard InChI is InChI=1S/C13H12N2O3/c16-12-9-6-7-18-11(8-4-2-1-3-5-8)10(9)14-13(17)15-12/h1-5,11H,6-7H2,(H2,14,15,16,17). The van der Waals surface area contributed by atoms with Crippen LogP contribution in [0.1, 0.15) is 22.9 Å². The normalized spacial score (nSPS) is 18.3. The first-order valence-electron chi connectivity index (χ1n) is 5.77. The van der Waals surface area contributed by atoms with Crippen molar-refractivity contribution < 1.29 is 4.74 Å². The number of aromatic amines is 2. The molecular weight excluding hydrogens is 232 g/mol. The molecule has 1 aliphatic rings. The molecule has 0 saturated heterocycles. The molecule has 2 heterocycles. The highest BCUT2D eigenvalue weighted by atomic mass is 16.5. The van der Waals surface area contributed by atoms with Gasteiger partial charge in [-0.3, -0.25) is 9.78 Å². The summed E-state index contributed by atoms with van der Waals surface area (Å²) in [4.78, 5) is 28.0. The number of fused-ring (bicyclic) bond motifs is 1. The highest BCUT2D eigenvalue weighted by molar-refractivity contribution is 5.31. The lowest BCUT2D eigenvalue weighted by molar-refractivity contribution is 0.0655. The van der Waals surface area contributed by atoms with Crippen LogP contribution in [0.4, 0.5) is 0 Å². The van der Waals surface area contributed by atoms with Crippen LogP contribution in [-0.2, 0) is 11.2 Å². The van der Waals surface area contributed by atoms with Crippen molar-refractivity contribution in [3.05, 3.63) is 68.0 Å². The molecule has 0 radical (unpaired) electrons. The number of rotatable bonds is 1. The van der Waals surface area contributed by atoms with Crippen molar-refractivity contribution in [3.8, 4) is 0 Å². The van der Waals surface area contributed by atoms with E-state index in [2.05, 4.69) is 9.97 Å². The number of ether oxygens (including phenoxy) is 1. The molecular formula is C13H12N2O3. The largest absolute Gasteiger partial charge is 0.367 e. The number of H-pyrrole nitrogens is 2. The molecule has 18 heavy (non-hydrogen) atoms. The van der Waals surface area contributed by atoms with E-state index < -0.39 is 5.69 Å². The van der Waals surface area contributed by atoms with E-state index in [1.165, 1.54) is 0 Å². The Labute approximate surface area is 102 Å². The average Bonchev–Trinajstić information content (AvgIpc) is 2.39. The molecule has 0 amide bonds. The fourth-order valence-corrected chi connectivity index (χ4v) is 2.25. The smallest absolute Gasteiger partial charge is 0.326 e. The maximum atomic E-state index is 11.7. The van der Waals surface area contributed by atoms with Crippen LogP contribution in [0.2, 0.25) is 0 Å². The van der Waals surface area contributed by atoms with Crippen LogP contribution >= 0.6 is 0 Å². The SMILES string of the molecule is O=c1[nH]c2c(c(=O)[nH]1)CCOC2c1ccccc1. The summed E-state index contributed by atoms with van der Waals surface area (Å²) in [6.45, 7) is 0.474. The summed E-state index contributed by atoms with van der Waals surface area (Å²) < 4.78 is 5.68. The monoisotopic (exact) mass is 244 g/mol. The lowest BCUT2D eigenvalue weighted by Gasteiger charge is -2.24. The van der Waals surface area contributed by atoms with E-state index in [1.54, 1.807) is 0 Å². The first-order valence-corrected chi connectivity index (χ1v) is 5.77. The van der Waals surface area contributed by atoms with Crippen molar-refractivity contribution in [2.75, 3.05) is 6.61 Å². The zero-order valence-electron chi connectivity index (χ0n) is 9.60. The summed E-state index contributed by atoms with van der Waals surface area (Å²) in [5.74, 6) is 0. The van der Waals surface area contributed by atoms with E-state index in [0.29, 0.717) is 24.3 Å². The zero-order valence-corrected chi connectivity index (χ0v) is 9.60. The van der Waals surface area contributed by atoms with Crippen molar-refractivity contribution in [2.45, 2.75) is 12.5 Å². The molecule has 5 heteroatoms.